The summed E-state index contributed by atoms with van der Waals surface area (Å²) >= 11 is 0. The van der Waals surface area contributed by atoms with Crippen molar-refractivity contribution < 1.29 is 30.3 Å². The molecule has 0 spiro atoms. The molecule has 3 rings (SSSR count). The summed E-state index contributed by atoms with van der Waals surface area (Å²) in [6.45, 7) is 0. The maximum Gasteiger partial charge on any atom is 0.192 e. The third-order valence-corrected chi connectivity index (χ3v) is 4.78. The SMILES string of the molecule is CN(C)C1=CC(=O)/C(=C2\C(O)=C(c3c(O)cc(N(C)C)cc3O)C2O)C(O)=C1. The van der Waals surface area contributed by atoms with E-state index in [-0.39, 0.29) is 39.5 Å². The molecule has 2 aliphatic carbocycles. The Morgan fingerprint density at radius 1 is 0.857 bits per heavy atom. The Kier molecular flexibility index (Phi) is 4.60. The molecule has 1 aromatic carbocycles. The van der Waals surface area contributed by atoms with Gasteiger partial charge in [-0.05, 0) is 0 Å². The number of carbonyl (C=O) groups excluding carboxylic acids is 1. The molecule has 148 valence electrons. The Morgan fingerprint density at radius 3 is 1.86 bits per heavy atom. The predicted molar refractivity (Wildman–Crippen MR) is 104 cm³/mol. The summed E-state index contributed by atoms with van der Waals surface area (Å²) in [6, 6.07) is 2.75. The molecular weight excluding hydrogens is 364 g/mol. The molecule has 0 aromatic heterocycles. The number of hydrogen-bond acceptors (Lipinski definition) is 8. The van der Waals surface area contributed by atoms with Gasteiger partial charge in [0, 0.05) is 75.0 Å². The normalized spacial score (nSPS) is 21.9. The molecule has 1 unspecified atom stereocenters. The standard InChI is InChI=1S/C20H22N2O6/c1-21(2)9-5-11(23)15(12(24)6-9)17-19(27)18(20(17)28)16-13(25)7-10(22(3)4)8-14(16)26/h5-8,19,23-25,27-28H,1-4H3/b18-16-. The van der Waals surface area contributed by atoms with Crippen LogP contribution in [0.5, 0.6) is 11.5 Å². The lowest BCUT2D eigenvalue weighted by molar-refractivity contribution is -0.111. The van der Waals surface area contributed by atoms with E-state index in [9.17, 15) is 30.3 Å². The summed E-state index contributed by atoms with van der Waals surface area (Å²) in [5, 5.41) is 51.9. The van der Waals surface area contributed by atoms with Gasteiger partial charge in [-0.1, -0.05) is 0 Å². The summed E-state index contributed by atoms with van der Waals surface area (Å²) in [5.41, 5.74) is 0.373. The fraction of sp³-hybridized carbons (Fsp3) is 0.250. The number of anilines is 1. The van der Waals surface area contributed by atoms with Crippen molar-refractivity contribution in [1.82, 2.24) is 4.90 Å². The average Bonchev–Trinajstić information content (AvgIpc) is 2.60. The van der Waals surface area contributed by atoms with E-state index in [0.29, 0.717) is 11.4 Å². The Balaban J connectivity index is 2.11. The van der Waals surface area contributed by atoms with Gasteiger partial charge < -0.3 is 35.3 Å². The number of aromatic hydroxyl groups is 2. The molecule has 8 nitrogen and oxygen atoms in total. The maximum atomic E-state index is 12.4. The van der Waals surface area contributed by atoms with Crippen LogP contribution in [0.1, 0.15) is 5.56 Å². The zero-order valence-corrected chi connectivity index (χ0v) is 15.9. The highest BCUT2D eigenvalue weighted by molar-refractivity contribution is 6.11. The third kappa shape index (κ3) is 2.87. The van der Waals surface area contributed by atoms with Gasteiger partial charge in [0.1, 0.15) is 29.1 Å². The number of allylic oxidation sites excluding steroid dienone is 3. The van der Waals surface area contributed by atoms with Crippen LogP contribution >= 0.6 is 0 Å². The van der Waals surface area contributed by atoms with Crippen LogP contribution in [0.25, 0.3) is 5.57 Å². The van der Waals surface area contributed by atoms with Gasteiger partial charge >= 0.3 is 0 Å². The van der Waals surface area contributed by atoms with Gasteiger partial charge in [-0.2, -0.15) is 0 Å². The van der Waals surface area contributed by atoms with E-state index in [0.717, 1.165) is 0 Å². The topological polar surface area (TPSA) is 125 Å². The highest BCUT2D eigenvalue weighted by Crippen LogP contribution is 2.49. The Hall–Kier alpha value is -3.39. The van der Waals surface area contributed by atoms with E-state index >= 15 is 0 Å². The molecule has 0 saturated heterocycles. The number of phenolic OH excluding ortho intramolecular Hbond substituents is 2. The minimum Gasteiger partial charge on any atom is -0.507 e. The minimum atomic E-state index is -1.47. The van der Waals surface area contributed by atoms with E-state index in [1.807, 2.05) is 0 Å². The second-order valence-electron chi connectivity index (χ2n) is 7.06. The number of aliphatic hydroxyl groups excluding tert-OH is 3. The molecule has 1 aromatic rings. The van der Waals surface area contributed by atoms with Crippen molar-refractivity contribution in [3.05, 3.63) is 58.2 Å². The molecule has 0 bridgehead atoms. The van der Waals surface area contributed by atoms with Gasteiger partial charge in [0.15, 0.2) is 5.78 Å². The first-order chi connectivity index (χ1) is 13.0. The highest BCUT2D eigenvalue weighted by atomic mass is 16.3. The lowest BCUT2D eigenvalue weighted by Gasteiger charge is -2.33. The molecule has 0 amide bonds. The smallest absolute Gasteiger partial charge is 0.192 e. The number of hydrogen-bond donors (Lipinski definition) is 5. The second-order valence-corrected chi connectivity index (χ2v) is 7.06. The minimum absolute atomic E-state index is 0.120. The summed E-state index contributed by atoms with van der Waals surface area (Å²) in [6.07, 6.45) is 1.16. The number of carbonyl (C=O) groups is 1. The molecule has 8 heteroatoms. The highest BCUT2D eigenvalue weighted by Gasteiger charge is 2.42. The van der Waals surface area contributed by atoms with Gasteiger partial charge in [0.2, 0.25) is 0 Å². The third-order valence-electron chi connectivity index (χ3n) is 4.78. The van der Waals surface area contributed by atoms with Crippen molar-refractivity contribution in [1.29, 1.82) is 0 Å². The number of likely N-dealkylation sites (N-methyl/N-ethyl adjacent to an activating group) is 1. The zero-order valence-electron chi connectivity index (χ0n) is 15.9. The van der Waals surface area contributed by atoms with Gasteiger partial charge in [-0.15, -0.1) is 0 Å². The molecule has 0 fully saturated rings. The molecule has 0 aliphatic heterocycles. The molecule has 0 saturated carbocycles. The molecule has 2 aliphatic rings. The van der Waals surface area contributed by atoms with Crippen molar-refractivity contribution in [2.24, 2.45) is 0 Å². The first-order valence-corrected chi connectivity index (χ1v) is 8.48. The number of rotatable bonds is 3. The van der Waals surface area contributed by atoms with E-state index < -0.39 is 17.6 Å². The Labute approximate surface area is 161 Å². The molecule has 28 heavy (non-hydrogen) atoms. The number of aliphatic hydroxyl groups is 3. The predicted octanol–water partition coefficient (Wildman–Crippen LogP) is 1.57. The summed E-state index contributed by atoms with van der Waals surface area (Å²) < 4.78 is 0. The van der Waals surface area contributed by atoms with Crippen LogP contribution in [0.2, 0.25) is 0 Å². The van der Waals surface area contributed by atoms with Crippen LogP contribution in [0.4, 0.5) is 5.69 Å². The maximum absolute atomic E-state index is 12.4. The quantitative estimate of drug-likeness (QED) is 0.496. The van der Waals surface area contributed by atoms with Crippen LogP contribution in [0.3, 0.4) is 0 Å². The Morgan fingerprint density at radius 2 is 1.43 bits per heavy atom. The summed E-state index contributed by atoms with van der Waals surface area (Å²) in [7, 11) is 6.87. The lowest BCUT2D eigenvalue weighted by Crippen LogP contribution is -2.31. The van der Waals surface area contributed by atoms with E-state index in [4.69, 9.17) is 0 Å². The van der Waals surface area contributed by atoms with Gasteiger partial charge in [-0.25, -0.2) is 0 Å². The van der Waals surface area contributed by atoms with Crippen LogP contribution in [0.15, 0.2) is 52.6 Å². The molecule has 0 radical (unpaired) electrons. The van der Waals surface area contributed by atoms with Crippen LogP contribution in [-0.2, 0) is 4.79 Å². The lowest BCUT2D eigenvalue weighted by atomic mass is 9.77. The number of phenols is 2. The monoisotopic (exact) mass is 386 g/mol. The first kappa shape index (κ1) is 19.4. The van der Waals surface area contributed by atoms with Crippen molar-refractivity contribution >= 4 is 17.0 Å². The number of ketones is 1. The molecule has 5 N–H and O–H groups in total. The molecule has 1 atom stereocenters. The summed E-state index contributed by atoms with van der Waals surface area (Å²) in [4.78, 5) is 15.7. The molecule has 0 heterocycles. The largest absolute Gasteiger partial charge is 0.507 e. The van der Waals surface area contributed by atoms with Crippen molar-refractivity contribution in [3.63, 3.8) is 0 Å². The average molecular weight is 386 g/mol. The second kappa shape index (κ2) is 6.65. The van der Waals surface area contributed by atoms with E-state index in [2.05, 4.69) is 0 Å². The van der Waals surface area contributed by atoms with Gasteiger partial charge in [-0.3, -0.25) is 4.79 Å². The van der Waals surface area contributed by atoms with Crippen LogP contribution in [-0.4, -0.2) is 70.5 Å². The summed E-state index contributed by atoms with van der Waals surface area (Å²) in [5.74, 6) is -2.09. The zero-order chi connectivity index (χ0) is 20.9. The van der Waals surface area contributed by atoms with Gasteiger partial charge in [0.25, 0.3) is 0 Å². The fourth-order valence-corrected chi connectivity index (χ4v) is 3.23. The van der Waals surface area contributed by atoms with Crippen molar-refractivity contribution in [2.75, 3.05) is 33.1 Å². The fourth-order valence-electron chi connectivity index (χ4n) is 3.23. The van der Waals surface area contributed by atoms with Gasteiger partial charge in [0.05, 0.1) is 11.1 Å². The van der Waals surface area contributed by atoms with Crippen LogP contribution in [0, 0.1) is 0 Å². The number of benzene rings is 1. The van der Waals surface area contributed by atoms with E-state index in [1.165, 1.54) is 24.3 Å². The number of nitrogens with zero attached hydrogens (tertiary/aromatic N) is 2. The Bertz CT molecular complexity index is 975. The van der Waals surface area contributed by atoms with Crippen LogP contribution < -0.4 is 4.90 Å². The van der Waals surface area contributed by atoms with Crippen molar-refractivity contribution in [2.45, 2.75) is 6.10 Å². The van der Waals surface area contributed by atoms with E-state index in [1.54, 1.807) is 38.0 Å². The van der Waals surface area contributed by atoms with Crippen molar-refractivity contribution in [3.8, 4) is 11.5 Å². The molecular formula is C20H22N2O6. The first-order valence-electron chi connectivity index (χ1n) is 8.48.